The largest absolute Gasteiger partial charge is 0.484 e. The number of amides is 2. The second-order valence-electron chi connectivity index (χ2n) is 7.00. The molecule has 6 heteroatoms. The summed E-state index contributed by atoms with van der Waals surface area (Å²) < 4.78 is 18.8. The summed E-state index contributed by atoms with van der Waals surface area (Å²) in [4.78, 5) is 25.6. The number of halogens is 1. The van der Waals surface area contributed by atoms with Crippen molar-refractivity contribution in [3.8, 4) is 5.75 Å². The van der Waals surface area contributed by atoms with Crippen LogP contribution in [0.2, 0.25) is 0 Å². The van der Waals surface area contributed by atoms with Crippen LogP contribution in [0.25, 0.3) is 0 Å². The predicted octanol–water partition coefficient (Wildman–Crippen LogP) is 3.00. The third-order valence-corrected chi connectivity index (χ3v) is 5.01. The summed E-state index contributed by atoms with van der Waals surface area (Å²) >= 11 is 0. The van der Waals surface area contributed by atoms with Crippen LogP contribution in [0.15, 0.2) is 48.5 Å². The molecule has 1 aliphatic carbocycles. The van der Waals surface area contributed by atoms with Crippen LogP contribution in [-0.4, -0.2) is 31.0 Å². The molecule has 0 aromatic heterocycles. The van der Waals surface area contributed by atoms with Gasteiger partial charge in [0.1, 0.15) is 11.6 Å². The average Bonchev–Trinajstić information content (AvgIpc) is 3.30. The lowest BCUT2D eigenvalue weighted by molar-refractivity contribution is -0.123. The van der Waals surface area contributed by atoms with Gasteiger partial charge in [-0.2, -0.15) is 0 Å². The first-order valence-corrected chi connectivity index (χ1v) is 9.18. The molecule has 2 fully saturated rings. The average molecular weight is 368 g/mol. The lowest BCUT2D eigenvalue weighted by Gasteiger charge is -2.16. The summed E-state index contributed by atoms with van der Waals surface area (Å²) in [7, 11) is 0. The van der Waals surface area contributed by atoms with Gasteiger partial charge in [0, 0.05) is 30.6 Å². The minimum atomic E-state index is -0.258. The van der Waals surface area contributed by atoms with Crippen molar-refractivity contribution in [1.82, 2.24) is 5.32 Å². The quantitative estimate of drug-likeness (QED) is 0.853. The van der Waals surface area contributed by atoms with E-state index in [1.807, 2.05) is 18.2 Å². The maximum Gasteiger partial charge on any atom is 0.258 e. The summed E-state index contributed by atoms with van der Waals surface area (Å²) in [5.74, 6) is 0.435. The Morgan fingerprint density at radius 3 is 2.74 bits per heavy atom. The fourth-order valence-corrected chi connectivity index (χ4v) is 3.50. The van der Waals surface area contributed by atoms with Gasteiger partial charge in [0.15, 0.2) is 6.61 Å². The van der Waals surface area contributed by atoms with Gasteiger partial charge in [0.25, 0.3) is 5.91 Å². The molecule has 0 radical (unpaired) electrons. The second kappa shape index (κ2) is 7.39. The van der Waals surface area contributed by atoms with Crippen LogP contribution in [0.5, 0.6) is 5.75 Å². The van der Waals surface area contributed by atoms with E-state index in [0.717, 1.165) is 30.6 Å². The zero-order valence-corrected chi connectivity index (χ0v) is 14.9. The maximum atomic E-state index is 13.3. The van der Waals surface area contributed by atoms with E-state index in [4.69, 9.17) is 4.74 Å². The first-order chi connectivity index (χ1) is 13.1. The van der Waals surface area contributed by atoms with Gasteiger partial charge in [0.05, 0.1) is 0 Å². The molecule has 0 spiro atoms. The summed E-state index contributed by atoms with van der Waals surface area (Å²) in [6.07, 6.45) is 2.29. The van der Waals surface area contributed by atoms with Crippen LogP contribution < -0.4 is 15.0 Å². The molecule has 1 aliphatic heterocycles. The van der Waals surface area contributed by atoms with Crippen molar-refractivity contribution in [1.29, 1.82) is 0 Å². The Kier molecular flexibility index (Phi) is 4.79. The number of hydrogen-bond donors (Lipinski definition) is 1. The SMILES string of the molecule is O=C(COc1ccc(N2CCCC2=O)cc1)NC1CC1c1cccc(F)c1. The summed E-state index contributed by atoms with van der Waals surface area (Å²) in [6, 6.07) is 13.7. The highest BCUT2D eigenvalue weighted by molar-refractivity contribution is 5.95. The number of hydrogen-bond acceptors (Lipinski definition) is 3. The van der Waals surface area contributed by atoms with Crippen molar-refractivity contribution in [2.24, 2.45) is 0 Å². The van der Waals surface area contributed by atoms with Crippen molar-refractivity contribution < 1.29 is 18.7 Å². The van der Waals surface area contributed by atoms with Crippen molar-refractivity contribution in [2.45, 2.75) is 31.2 Å². The molecule has 2 unspecified atom stereocenters. The summed E-state index contributed by atoms with van der Waals surface area (Å²) in [5, 5.41) is 2.91. The molecule has 140 valence electrons. The Labute approximate surface area is 157 Å². The molecule has 4 rings (SSSR count). The van der Waals surface area contributed by atoms with Crippen molar-refractivity contribution in [2.75, 3.05) is 18.1 Å². The maximum absolute atomic E-state index is 13.3. The van der Waals surface area contributed by atoms with Crippen molar-refractivity contribution in [3.05, 3.63) is 59.9 Å². The zero-order valence-electron chi connectivity index (χ0n) is 14.9. The lowest BCUT2D eigenvalue weighted by Crippen LogP contribution is -2.31. The van der Waals surface area contributed by atoms with Gasteiger partial charge in [-0.05, 0) is 54.8 Å². The van der Waals surface area contributed by atoms with Crippen LogP contribution in [-0.2, 0) is 9.59 Å². The molecule has 5 nitrogen and oxygen atoms in total. The summed E-state index contributed by atoms with van der Waals surface area (Å²) in [6.45, 7) is 0.670. The molecule has 1 saturated carbocycles. The van der Waals surface area contributed by atoms with Crippen molar-refractivity contribution >= 4 is 17.5 Å². The Morgan fingerprint density at radius 1 is 1.22 bits per heavy atom. The fourth-order valence-electron chi connectivity index (χ4n) is 3.50. The number of carbonyl (C=O) groups is 2. The predicted molar refractivity (Wildman–Crippen MR) is 99.2 cm³/mol. The Morgan fingerprint density at radius 2 is 2.04 bits per heavy atom. The monoisotopic (exact) mass is 368 g/mol. The van der Waals surface area contributed by atoms with Crippen LogP contribution in [0.4, 0.5) is 10.1 Å². The van der Waals surface area contributed by atoms with Gasteiger partial charge in [-0.25, -0.2) is 4.39 Å². The van der Waals surface area contributed by atoms with Gasteiger partial charge < -0.3 is 15.0 Å². The van der Waals surface area contributed by atoms with E-state index in [1.165, 1.54) is 12.1 Å². The molecular weight excluding hydrogens is 347 g/mol. The van der Waals surface area contributed by atoms with E-state index in [9.17, 15) is 14.0 Å². The normalized spacial score (nSPS) is 21.2. The van der Waals surface area contributed by atoms with Gasteiger partial charge in [0.2, 0.25) is 5.91 Å². The molecular formula is C21H21FN2O3. The number of anilines is 1. The highest BCUT2D eigenvalue weighted by Gasteiger charge is 2.39. The summed E-state index contributed by atoms with van der Waals surface area (Å²) in [5.41, 5.74) is 1.76. The third kappa shape index (κ3) is 4.10. The van der Waals surface area contributed by atoms with Crippen LogP contribution in [0.3, 0.4) is 0 Å². The van der Waals surface area contributed by atoms with Crippen molar-refractivity contribution in [3.63, 3.8) is 0 Å². The first-order valence-electron chi connectivity index (χ1n) is 9.18. The van der Waals surface area contributed by atoms with E-state index in [0.29, 0.717) is 12.2 Å². The van der Waals surface area contributed by atoms with Gasteiger partial charge in [-0.3, -0.25) is 9.59 Å². The number of rotatable bonds is 6. The molecule has 2 atom stereocenters. The highest BCUT2D eigenvalue weighted by Crippen LogP contribution is 2.40. The Bertz CT molecular complexity index is 853. The molecule has 1 saturated heterocycles. The third-order valence-electron chi connectivity index (χ3n) is 5.01. The van der Waals surface area contributed by atoms with E-state index in [1.54, 1.807) is 23.1 Å². The van der Waals surface area contributed by atoms with E-state index < -0.39 is 0 Å². The van der Waals surface area contributed by atoms with Crippen LogP contribution >= 0.6 is 0 Å². The molecule has 27 heavy (non-hydrogen) atoms. The highest BCUT2D eigenvalue weighted by atomic mass is 19.1. The Balaban J connectivity index is 1.24. The zero-order chi connectivity index (χ0) is 18.8. The minimum absolute atomic E-state index is 0.0338. The van der Waals surface area contributed by atoms with Gasteiger partial charge in [-0.1, -0.05) is 12.1 Å². The van der Waals surface area contributed by atoms with E-state index >= 15 is 0 Å². The standard InChI is InChI=1S/C21H21FN2O3/c22-15-4-1-3-14(11-15)18-12-19(18)23-20(25)13-27-17-8-6-16(7-9-17)24-10-2-5-21(24)26/h1,3-4,6-9,11,18-19H,2,5,10,12-13H2,(H,23,25). The van der Waals surface area contributed by atoms with Crippen LogP contribution in [0.1, 0.15) is 30.7 Å². The molecule has 1 N–H and O–H groups in total. The second-order valence-corrected chi connectivity index (χ2v) is 7.00. The number of nitrogens with zero attached hydrogens (tertiary/aromatic N) is 1. The Hall–Kier alpha value is -2.89. The fraction of sp³-hybridized carbons (Fsp3) is 0.333. The molecule has 2 aromatic carbocycles. The molecule has 2 amide bonds. The lowest BCUT2D eigenvalue weighted by atomic mass is 10.1. The topological polar surface area (TPSA) is 58.6 Å². The minimum Gasteiger partial charge on any atom is -0.484 e. The molecule has 0 bridgehead atoms. The number of carbonyl (C=O) groups excluding carboxylic acids is 2. The number of nitrogens with one attached hydrogen (secondary N) is 1. The molecule has 1 heterocycles. The van der Waals surface area contributed by atoms with Gasteiger partial charge >= 0.3 is 0 Å². The smallest absolute Gasteiger partial charge is 0.258 e. The van der Waals surface area contributed by atoms with E-state index in [-0.39, 0.29) is 36.2 Å². The van der Waals surface area contributed by atoms with Gasteiger partial charge in [-0.15, -0.1) is 0 Å². The first kappa shape index (κ1) is 17.5. The molecule has 2 aromatic rings. The molecule has 2 aliphatic rings. The number of benzene rings is 2. The van der Waals surface area contributed by atoms with Crippen LogP contribution in [0, 0.1) is 5.82 Å². The number of ether oxygens (including phenoxy) is 1. The van der Waals surface area contributed by atoms with E-state index in [2.05, 4.69) is 5.32 Å².